The van der Waals surface area contributed by atoms with E-state index in [-0.39, 0.29) is 11.9 Å². The SMILES string of the molecule is O=C(NCCc1ncno1)C1CC(O)CN1. The van der Waals surface area contributed by atoms with Gasteiger partial charge in [0.2, 0.25) is 11.8 Å². The first-order valence-electron chi connectivity index (χ1n) is 5.20. The van der Waals surface area contributed by atoms with Crippen LogP contribution in [0.3, 0.4) is 0 Å². The molecule has 1 fully saturated rings. The van der Waals surface area contributed by atoms with Gasteiger partial charge in [0.15, 0.2) is 6.33 Å². The molecule has 1 aliphatic rings. The van der Waals surface area contributed by atoms with Gasteiger partial charge in [0.25, 0.3) is 0 Å². The minimum Gasteiger partial charge on any atom is -0.392 e. The van der Waals surface area contributed by atoms with Gasteiger partial charge in [-0.3, -0.25) is 4.79 Å². The summed E-state index contributed by atoms with van der Waals surface area (Å²) in [6.07, 6.45) is 1.88. The number of amides is 1. The van der Waals surface area contributed by atoms with Gasteiger partial charge in [-0.05, 0) is 6.42 Å². The molecule has 2 unspecified atom stereocenters. The van der Waals surface area contributed by atoms with Gasteiger partial charge < -0.3 is 20.3 Å². The number of β-amino-alcohol motifs (C(OH)–C–C–N with tert-alkyl or cyclic N) is 1. The summed E-state index contributed by atoms with van der Waals surface area (Å²) in [7, 11) is 0. The highest BCUT2D eigenvalue weighted by atomic mass is 16.5. The van der Waals surface area contributed by atoms with E-state index in [1.54, 1.807) is 0 Å². The smallest absolute Gasteiger partial charge is 0.237 e. The molecule has 2 atom stereocenters. The molecule has 2 heterocycles. The zero-order valence-electron chi connectivity index (χ0n) is 8.72. The number of hydrogen-bond acceptors (Lipinski definition) is 6. The molecule has 0 radical (unpaired) electrons. The zero-order valence-corrected chi connectivity index (χ0v) is 8.72. The third kappa shape index (κ3) is 2.77. The average Bonchev–Trinajstić information content (AvgIpc) is 2.89. The molecule has 1 aromatic heterocycles. The summed E-state index contributed by atoms with van der Waals surface area (Å²) in [6, 6.07) is -0.294. The summed E-state index contributed by atoms with van der Waals surface area (Å²) >= 11 is 0. The standard InChI is InChI=1S/C9H14N4O3/c14-6-3-7(11-4-6)9(15)10-2-1-8-12-5-13-16-8/h5-7,11,14H,1-4H2,(H,10,15). The van der Waals surface area contributed by atoms with Crippen LogP contribution in [0.15, 0.2) is 10.9 Å². The molecule has 88 valence electrons. The topological polar surface area (TPSA) is 100 Å². The Morgan fingerprint density at radius 3 is 3.25 bits per heavy atom. The lowest BCUT2D eigenvalue weighted by molar-refractivity contribution is -0.122. The van der Waals surface area contributed by atoms with Crippen LogP contribution in [-0.2, 0) is 11.2 Å². The second-order valence-electron chi connectivity index (χ2n) is 3.73. The van der Waals surface area contributed by atoms with Crippen LogP contribution in [0.2, 0.25) is 0 Å². The van der Waals surface area contributed by atoms with Crippen molar-refractivity contribution in [1.82, 2.24) is 20.8 Å². The molecule has 0 spiro atoms. The lowest BCUT2D eigenvalue weighted by Crippen LogP contribution is -2.41. The number of rotatable bonds is 4. The molecule has 1 saturated heterocycles. The monoisotopic (exact) mass is 226 g/mol. The number of nitrogens with one attached hydrogen (secondary N) is 2. The van der Waals surface area contributed by atoms with Crippen LogP contribution in [-0.4, -0.2) is 46.4 Å². The molecule has 3 N–H and O–H groups in total. The van der Waals surface area contributed by atoms with E-state index in [2.05, 4.69) is 20.8 Å². The van der Waals surface area contributed by atoms with E-state index in [0.29, 0.717) is 31.8 Å². The van der Waals surface area contributed by atoms with Gasteiger partial charge in [-0.25, -0.2) is 0 Å². The summed E-state index contributed by atoms with van der Waals surface area (Å²) in [5.74, 6) is 0.399. The predicted octanol–water partition coefficient (Wildman–Crippen LogP) is -1.55. The molecule has 7 nitrogen and oxygen atoms in total. The average molecular weight is 226 g/mol. The maximum absolute atomic E-state index is 11.6. The van der Waals surface area contributed by atoms with Gasteiger partial charge in [-0.1, -0.05) is 5.16 Å². The predicted molar refractivity (Wildman–Crippen MR) is 53.4 cm³/mol. The van der Waals surface area contributed by atoms with Crippen molar-refractivity contribution in [2.24, 2.45) is 0 Å². The van der Waals surface area contributed by atoms with Crippen molar-refractivity contribution in [3.63, 3.8) is 0 Å². The van der Waals surface area contributed by atoms with Gasteiger partial charge in [0.05, 0.1) is 12.1 Å². The maximum atomic E-state index is 11.6. The third-order valence-corrected chi connectivity index (χ3v) is 2.47. The molecule has 2 rings (SSSR count). The van der Waals surface area contributed by atoms with Gasteiger partial charge in [0, 0.05) is 19.5 Å². The van der Waals surface area contributed by atoms with Crippen molar-refractivity contribution in [3.05, 3.63) is 12.2 Å². The normalized spacial score (nSPS) is 24.6. The largest absolute Gasteiger partial charge is 0.392 e. The summed E-state index contributed by atoms with van der Waals surface area (Å²) in [5.41, 5.74) is 0. The summed E-state index contributed by atoms with van der Waals surface area (Å²) in [5, 5.41) is 18.4. The molecule has 16 heavy (non-hydrogen) atoms. The summed E-state index contributed by atoms with van der Waals surface area (Å²) < 4.78 is 4.79. The van der Waals surface area contributed by atoms with Crippen LogP contribution in [0.4, 0.5) is 0 Å². The van der Waals surface area contributed by atoms with Crippen LogP contribution in [0.25, 0.3) is 0 Å². The van der Waals surface area contributed by atoms with Crippen molar-refractivity contribution in [3.8, 4) is 0 Å². The quantitative estimate of drug-likeness (QED) is 0.575. The number of aliphatic hydroxyl groups excluding tert-OH is 1. The number of carbonyl (C=O) groups is 1. The van der Waals surface area contributed by atoms with Gasteiger partial charge in [0.1, 0.15) is 0 Å². The molecule has 0 saturated carbocycles. The summed E-state index contributed by atoms with van der Waals surface area (Å²) in [4.78, 5) is 15.4. The first kappa shape index (κ1) is 11.0. The number of hydrogen-bond donors (Lipinski definition) is 3. The second kappa shape index (κ2) is 5.04. The minimum absolute atomic E-state index is 0.101. The van der Waals surface area contributed by atoms with E-state index in [9.17, 15) is 9.90 Å². The molecule has 1 amide bonds. The van der Waals surface area contributed by atoms with Crippen molar-refractivity contribution in [2.45, 2.75) is 25.0 Å². The Balaban J connectivity index is 1.68. The van der Waals surface area contributed by atoms with Gasteiger partial charge in [-0.15, -0.1) is 0 Å². The minimum atomic E-state index is -0.424. The Bertz CT molecular complexity index is 341. The van der Waals surface area contributed by atoms with E-state index < -0.39 is 6.10 Å². The first-order valence-corrected chi connectivity index (χ1v) is 5.20. The van der Waals surface area contributed by atoms with Crippen LogP contribution < -0.4 is 10.6 Å². The Hall–Kier alpha value is -1.47. The van der Waals surface area contributed by atoms with Crippen molar-refractivity contribution >= 4 is 5.91 Å². The third-order valence-electron chi connectivity index (χ3n) is 2.47. The second-order valence-corrected chi connectivity index (χ2v) is 3.73. The molecular formula is C9H14N4O3. The van der Waals surface area contributed by atoms with Crippen LogP contribution in [0.5, 0.6) is 0 Å². The van der Waals surface area contributed by atoms with Crippen LogP contribution in [0.1, 0.15) is 12.3 Å². The van der Waals surface area contributed by atoms with Crippen LogP contribution >= 0.6 is 0 Å². The molecule has 1 aromatic rings. The molecule has 0 aromatic carbocycles. The molecule has 1 aliphatic heterocycles. The van der Waals surface area contributed by atoms with E-state index >= 15 is 0 Å². The maximum Gasteiger partial charge on any atom is 0.237 e. The fraction of sp³-hybridized carbons (Fsp3) is 0.667. The highest BCUT2D eigenvalue weighted by Crippen LogP contribution is 2.05. The van der Waals surface area contributed by atoms with E-state index in [0.717, 1.165) is 0 Å². The first-order chi connectivity index (χ1) is 7.75. The molecule has 7 heteroatoms. The molecule has 0 bridgehead atoms. The van der Waals surface area contributed by atoms with E-state index in [1.807, 2.05) is 0 Å². The van der Waals surface area contributed by atoms with E-state index in [1.165, 1.54) is 6.33 Å². The Morgan fingerprint density at radius 2 is 2.62 bits per heavy atom. The highest BCUT2D eigenvalue weighted by Gasteiger charge is 2.27. The molecular weight excluding hydrogens is 212 g/mol. The van der Waals surface area contributed by atoms with E-state index in [4.69, 9.17) is 4.52 Å². The Labute approximate surface area is 92.2 Å². The van der Waals surface area contributed by atoms with Crippen molar-refractivity contribution < 1.29 is 14.4 Å². The zero-order chi connectivity index (χ0) is 11.4. The Morgan fingerprint density at radius 1 is 1.75 bits per heavy atom. The number of aliphatic hydroxyl groups is 1. The summed E-state index contributed by atoms with van der Waals surface area (Å²) in [6.45, 7) is 0.928. The number of carbonyl (C=O) groups excluding carboxylic acids is 1. The Kier molecular flexibility index (Phi) is 3.47. The fourth-order valence-corrected chi connectivity index (χ4v) is 1.64. The highest BCUT2D eigenvalue weighted by molar-refractivity contribution is 5.82. The van der Waals surface area contributed by atoms with Crippen molar-refractivity contribution in [2.75, 3.05) is 13.1 Å². The lowest BCUT2D eigenvalue weighted by Gasteiger charge is -2.09. The van der Waals surface area contributed by atoms with Gasteiger partial charge >= 0.3 is 0 Å². The fourth-order valence-electron chi connectivity index (χ4n) is 1.64. The lowest BCUT2D eigenvalue weighted by atomic mass is 10.2. The van der Waals surface area contributed by atoms with Crippen LogP contribution in [0, 0.1) is 0 Å². The number of nitrogens with zero attached hydrogens (tertiary/aromatic N) is 2. The van der Waals surface area contributed by atoms with Gasteiger partial charge in [-0.2, -0.15) is 4.98 Å². The molecule has 0 aliphatic carbocycles. The van der Waals surface area contributed by atoms with Crippen molar-refractivity contribution in [1.29, 1.82) is 0 Å². The number of aromatic nitrogens is 2.